The fraction of sp³-hybridized carbons (Fsp3) is 0. The molecule has 0 aliphatic carbocycles. The number of anilines is 1. The summed E-state index contributed by atoms with van der Waals surface area (Å²) in [4.78, 5) is 22.8. The molecule has 0 saturated carbocycles. The van der Waals surface area contributed by atoms with Crippen LogP contribution >= 0.6 is 15.9 Å². The van der Waals surface area contributed by atoms with Gasteiger partial charge in [0.25, 0.3) is 5.91 Å². The van der Waals surface area contributed by atoms with Crippen LogP contribution in [0.3, 0.4) is 0 Å². The van der Waals surface area contributed by atoms with E-state index in [4.69, 9.17) is 5.11 Å². The van der Waals surface area contributed by atoms with Crippen molar-refractivity contribution in [3.8, 4) is 0 Å². The van der Waals surface area contributed by atoms with Crippen molar-refractivity contribution in [2.75, 3.05) is 5.32 Å². The third kappa shape index (κ3) is 3.14. The zero-order valence-corrected chi connectivity index (χ0v) is 11.1. The van der Waals surface area contributed by atoms with E-state index in [-0.39, 0.29) is 11.5 Å². The number of nitrogens with zero attached hydrogens (tertiary/aromatic N) is 2. The first-order chi connectivity index (χ1) is 9.08. The predicted octanol–water partition coefficient (Wildman–Crippen LogP) is 2.19. The van der Waals surface area contributed by atoms with E-state index >= 15 is 0 Å². The summed E-state index contributed by atoms with van der Waals surface area (Å²) in [5.74, 6) is -1.46. The Balaban J connectivity index is 2.23. The molecule has 0 radical (unpaired) electrons. The normalized spacial score (nSPS) is 9.95. The minimum atomic E-state index is -1.08. The molecule has 1 amide bonds. The van der Waals surface area contributed by atoms with Crippen LogP contribution in [-0.4, -0.2) is 27.2 Å². The maximum Gasteiger partial charge on any atom is 0.336 e. The van der Waals surface area contributed by atoms with Crippen molar-refractivity contribution in [3.63, 3.8) is 0 Å². The summed E-state index contributed by atoms with van der Waals surface area (Å²) in [7, 11) is 0. The van der Waals surface area contributed by atoms with Crippen LogP contribution in [0.4, 0.5) is 5.69 Å². The van der Waals surface area contributed by atoms with Gasteiger partial charge in [-0.05, 0) is 40.2 Å². The Bertz CT molecular complexity index is 631. The summed E-state index contributed by atoms with van der Waals surface area (Å²) in [6, 6.07) is 6.05. The summed E-state index contributed by atoms with van der Waals surface area (Å²) < 4.78 is 0.448. The van der Waals surface area contributed by atoms with Gasteiger partial charge in [-0.25, -0.2) is 4.79 Å². The van der Waals surface area contributed by atoms with Crippen molar-refractivity contribution in [2.24, 2.45) is 0 Å². The number of carbonyl (C=O) groups excluding carboxylic acids is 1. The van der Waals surface area contributed by atoms with Crippen molar-refractivity contribution in [2.45, 2.75) is 0 Å². The first-order valence-corrected chi connectivity index (χ1v) is 5.98. The molecule has 0 fully saturated rings. The third-order valence-corrected chi connectivity index (χ3v) is 2.99. The molecule has 1 heterocycles. The van der Waals surface area contributed by atoms with Gasteiger partial charge in [0, 0.05) is 10.2 Å². The van der Waals surface area contributed by atoms with Gasteiger partial charge in [0.05, 0.1) is 23.5 Å². The van der Waals surface area contributed by atoms with Gasteiger partial charge in [-0.1, -0.05) is 0 Å². The zero-order chi connectivity index (χ0) is 13.8. The van der Waals surface area contributed by atoms with E-state index in [9.17, 15) is 9.59 Å². The minimum absolute atomic E-state index is 0.0747. The average molecular weight is 322 g/mol. The molecule has 2 rings (SSSR count). The number of rotatable bonds is 3. The molecule has 0 bridgehead atoms. The standard InChI is InChI=1S/C12H8BrN3O3/c13-10-2-1-8(5-9(10)12(18)19)16-11(17)7-3-4-14-15-6-7/h1-6H,(H,16,17)(H,18,19). The molecule has 7 heteroatoms. The Labute approximate surface area is 116 Å². The first kappa shape index (κ1) is 13.2. The SMILES string of the molecule is O=C(Nc1ccc(Br)c(C(=O)O)c1)c1ccnnc1. The lowest BCUT2D eigenvalue weighted by atomic mass is 10.2. The predicted molar refractivity (Wildman–Crippen MR) is 71.1 cm³/mol. The second-order valence-corrected chi connectivity index (χ2v) is 4.44. The largest absolute Gasteiger partial charge is 0.478 e. The molecule has 1 aromatic heterocycles. The van der Waals surface area contributed by atoms with E-state index in [1.54, 1.807) is 12.1 Å². The summed E-state index contributed by atoms with van der Waals surface area (Å²) >= 11 is 3.13. The molecule has 0 unspecified atom stereocenters. The Morgan fingerprint density at radius 1 is 1.21 bits per heavy atom. The van der Waals surface area contributed by atoms with Gasteiger partial charge < -0.3 is 10.4 Å². The number of nitrogens with one attached hydrogen (secondary N) is 1. The number of carbonyl (C=O) groups is 2. The van der Waals surface area contributed by atoms with Crippen molar-refractivity contribution in [3.05, 3.63) is 52.3 Å². The van der Waals surface area contributed by atoms with E-state index in [0.717, 1.165) is 0 Å². The molecule has 0 aliphatic heterocycles. The van der Waals surface area contributed by atoms with Crippen molar-refractivity contribution in [1.29, 1.82) is 0 Å². The third-order valence-electron chi connectivity index (χ3n) is 2.30. The molecule has 0 spiro atoms. The summed E-state index contributed by atoms with van der Waals surface area (Å²) in [6.45, 7) is 0. The second kappa shape index (κ2) is 5.57. The number of aromatic carboxylic acids is 1. The number of carboxylic acids is 1. The maximum absolute atomic E-state index is 11.8. The van der Waals surface area contributed by atoms with E-state index < -0.39 is 5.97 Å². The molecule has 2 N–H and O–H groups in total. The molecule has 0 saturated heterocycles. The molecular weight excluding hydrogens is 314 g/mol. The van der Waals surface area contributed by atoms with Gasteiger partial charge in [-0.2, -0.15) is 10.2 Å². The van der Waals surface area contributed by atoms with Crippen LogP contribution in [-0.2, 0) is 0 Å². The summed E-state index contributed by atoms with van der Waals surface area (Å²) in [5.41, 5.74) is 0.808. The van der Waals surface area contributed by atoms with Crippen LogP contribution in [0.25, 0.3) is 0 Å². The highest BCUT2D eigenvalue weighted by Crippen LogP contribution is 2.21. The quantitative estimate of drug-likeness (QED) is 0.904. The molecule has 0 aliphatic rings. The lowest BCUT2D eigenvalue weighted by Crippen LogP contribution is -2.13. The number of benzene rings is 1. The van der Waals surface area contributed by atoms with E-state index in [0.29, 0.717) is 15.7 Å². The highest BCUT2D eigenvalue weighted by molar-refractivity contribution is 9.10. The van der Waals surface area contributed by atoms with Gasteiger partial charge in [0.15, 0.2) is 0 Å². The van der Waals surface area contributed by atoms with Crippen molar-refractivity contribution in [1.82, 2.24) is 10.2 Å². The number of halogens is 1. The Morgan fingerprint density at radius 2 is 2.00 bits per heavy atom. The highest BCUT2D eigenvalue weighted by atomic mass is 79.9. The fourth-order valence-corrected chi connectivity index (χ4v) is 1.81. The van der Waals surface area contributed by atoms with Crippen LogP contribution < -0.4 is 5.32 Å². The van der Waals surface area contributed by atoms with Crippen molar-refractivity contribution >= 4 is 33.5 Å². The van der Waals surface area contributed by atoms with Crippen LogP contribution in [0, 0.1) is 0 Å². The van der Waals surface area contributed by atoms with Crippen LogP contribution in [0.2, 0.25) is 0 Å². The van der Waals surface area contributed by atoms with Crippen LogP contribution in [0.1, 0.15) is 20.7 Å². The summed E-state index contributed by atoms with van der Waals surface area (Å²) in [5, 5.41) is 18.7. The van der Waals surface area contributed by atoms with Crippen molar-refractivity contribution < 1.29 is 14.7 Å². The van der Waals surface area contributed by atoms with Crippen LogP contribution in [0.5, 0.6) is 0 Å². The van der Waals surface area contributed by atoms with Crippen LogP contribution in [0.15, 0.2) is 41.1 Å². The minimum Gasteiger partial charge on any atom is -0.478 e. The van der Waals surface area contributed by atoms with E-state index in [1.807, 2.05) is 0 Å². The second-order valence-electron chi connectivity index (χ2n) is 3.59. The molecule has 19 heavy (non-hydrogen) atoms. The van der Waals surface area contributed by atoms with Gasteiger partial charge in [-0.15, -0.1) is 0 Å². The Kier molecular flexibility index (Phi) is 3.86. The molecule has 96 valence electrons. The van der Waals surface area contributed by atoms with Gasteiger partial charge >= 0.3 is 5.97 Å². The monoisotopic (exact) mass is 321 g/mol. The van der Waals surface area contributed by atoms with E-state index in [1.165, 1.54) is 24.5 Å². The fourth-order valence-electron chi connectivity index (χ4n) is 1.40. The Hall–Kier alpha value is -2.28. The Morgan fingerprint density at radius 3 is 2.63 bits per heavy atom. The van der Waals surface area contributed by atoms with Gasteiger partial charge in [-0.3, -0.25) is 4.79 Å². The number of hydrogen-bond acceptors (Lipinski definition) is 4. The number of amides is 1. The number of aromatic nitrogens is 2. The molecule has 0 atom stereocenters. The smallest absolute Gasteiger partial charge is 0.336 e. The molecule has 1 aromatic carbocycles. The maximum atomic E-state index is 11.8. The molecular formula is C12H8BrN3O3. The summed E-state index contributed by atoms with van der Waals surface area (Å²) in [6.07, 6.45) is 2.73. The average Bonchev–Trinajstić information content (AvgIpc) is 2.41. The number of carboxylic acid groups (broad SMARTS) is 1. The first-order valence-electron chi connectivity index (χ1n) is 5.19. The zero-order valence-electron chi connectivity index (χ0n) is 9.50. The van der Waals surface area contributed by atoms with Gasteiger partial charge in [0.2, 0.25) is 0 Å². The number of hydrogen-bond donors (Lipinski definition) is 2. The van der Waals surface area contributed by atoms with E-state index in [2.05, 4.69) is 31.4 Å². The molecule has 2 aromatic rings. The van der Waals surface area contributed by atoms with Gasteiger partial charge in [0.1, 0.15) is 0 Å². The lowest BCUT2D eigenvalue weighted by Gasteiger charge is -2.06. The highest BCUT2D eigenvalue weighted by Gasteiger charge is 2.11. The topological polar surface area (TPSA) is 92.2 Å². The molecule has 6 nitrogen and oxygen atoms in total. The lowest BCUT2D eigenvalue weighted by molar-refractivity contribution is 0.0695.